The molecule has 0 aliphatic rings. The zero-order valence-electron chi connectivity index (χ0n) is 14.2. The van der Waals surface area contributed by atoms with Crippen LogP contribution in [0.4, 0.5) is 13.2 Å². The maximum atomic E-state index is 12.6. The molecule has 1 heterocycles. The zero-order chi connectivity index (χ0) is 20.1. The molecule has 0 bridgehead atoms. The average Bonchev–Trinajstić information content (AvgIpc) is 3.10. The van der Waals surface area contributed by atoms with E-state index in [4.69, 9.17) is 0 Å². The molecule has 0 radical (unpaired) electrons. The quantitative estimate of drug-likeness (QED) is 0.710. The summed E-state index contributed by atoms with van der Waals surface area (Å²) in [4.78, 5) is 12.7. The number of alkyl halides is 3. The van der Waals surface area contributed by atoms with Gasteiger partial charge in [-0.05, 0) is 35.7 Å². The van der Waals surface area contributed by atoms with Crippen LogP contribution in [-0.4, -0.2) is 38.1 Å². The third kappa shape index (κ3) is 6.22. The standard InChI is InChI=1S/C16H17F3N2O4S2/c1-2-21(11-15(22)20-10-13-4-3-9-26-13)27(23,24)14-7-5-12(6-8-14)25-16(17,18)19/h3-9H,2,10-11H2,1H3,(H,20,22). The van der Waals surface area contributed by atoms with Gasteiger partial charge < -0.3 is 10.1 Å². The number of carbonyl (C=O) groups is 1. The van der Waals surface area contributed by atoms with Crippen molar-refractivity contribution < 1.29 is 31.1 Å². The summed E-state index contributed by atoms with van der Waals surface area (Å²) in [6.07, 6.45) is -4.86. The summed E-state index contributed by atoms with van der Waals surface area (Å²) in [5.74, 6) is -1.01. The normalized spacial score (nSPS) is 12.2. The summed E-state index contributed by atoms with van der Waals surface area (Å²) < 4.78 is 66.4. The summed E-state index contributed by atoms with van der Waals surface area (Å²) in [7, 11) is -4.04. The van der Waals surface area contributed by atoms with Crippen LogP contribution < -0.4 is 10.1 Å². The van der Waals surface area contributed by atoms with Crippen LogP contribution in [0.2, 0.25) is 0 Å². The van der Waals surface area contributed by atoms with Gasteiger partial charge in [0.25, 0.3) is 0 Å². The van der Waals surface area contributed by atoms with Gasteiger partial charge in [0.05, 0.1) is 18.0 Å². The SMILES string of the molecule is CCN(CC(=O)NCc1cccs1)S(=O)(=O)c1ccc(OC(F)(F)F)cc1. The highest BCUT2D eigenvalue weighted by Crippen LogP contribution is 2.25. The van der Waals surface area contributed by atoms with Gasteiger partial charge in [-0.1, -0.05) is 13.0 Å². The Balaban J connectivity index is 2.04. The van der Waals surface area contributed by atoms with E-state index in [2.05, 4.69) is 10.1 Å². The van der Waals surface area contributed by atoms with Gasteiger partial charge in [-0.2, -0.15) is 4.31 Å². The molecule has 148 valence electrons. The molecular formula is C16H17F3N2O4S2. The molecule has 27 heavy (non-hydrogen) atoms. The van der Waals surface area contributed by atoms with Crippen molar-refractivity contribution in [2.75, 3.05) is 13.1 Å². The van der Waals surface area contributed by atoms with E-state index in [9.17, 15) is 26.4 Å². The molecule has 1 amide bonds. The van der Waals surface area contributed by atoms with E-state index >= 15 is 0 Å². The minimum absolute atomic E-state index is 0.0234. The van der Waals surface area contributed by atoms with Crippen molar-refractivity contribution in [3.8, 4) is 5.75 Å². The number of thiophene rings is 1. The maximum Gasteiger partial charge on any atom is 0.573 e. The highest BCUT2D eigenvalue weighted by Gasteiger charge is 2.31. The molecule has 2 rings (SSSR count). The van der Waals surface area contributed by atoms with E-state index < -0.39 is 34.6 Å². The van der Waals surface area contributed by atoms with Crippen LogP contribution in [0.25, 0.3) is 0 Å². The number of sulfonamides is 1. The molecule has 6 nitrogen and oxygen atoms in total. The van der Waals surface area contributed by atoms with Crippen molar-refractivity contribution in [3.05, 3.63) is 46.7 Å². The van der Waals surface area contributed by atoms with Crippen LogP contribution in [0.5, 0.6) is 5.75 Å². The van der Waals surface area contributed by atoms with E-state index in [1.165, 1.54) is 11.3 Å². The lowest BCUT2D eigenvalue weighted by atomic mass is 10.3. The number of ether oxygens (including phenoxy) is 1. The number of benzene rings is 1. The fraction of sp³-hybridized carbons (Fsp3) is 0.312. The second-order valence-corrected chi connectivity index (χ2v) is 8.28. The molecule has 0 spiro atoms. The molecular weight excluding hydrogens is 405 g/mol. The predicted molar refractivity (Wildman–Crippen MR) is 93.7 cm³/mol. The van der Waals surface area contributed by atoms with Crippen molar-refractivity contribution in [1.29, 1.82) is 0 Å². The Morgan fingerprint density at radius 1 is 1.22 bits per heavy atom. The third-order valence-corrected chi connectivity index (χ3v) is 6.22. The monoisotopic (exact) mass is 422 g/mol. The third-order valence-electron chi connectivity index (χ3n) is 3.41. The molecule has 2 aromatic rings. The van der Waals surface area contributed by atoms with Gasteiger partial charge in [0.1, 0.15) is 5.75 Å². The first-order valence-corrected chi connectivity index (χ1v) is 10.1. The zero-order valence-corrected chi connectivity index (χ0v) is 15.8. The maximum absolute atomic E-state index is 12.6. The first-order chi connectivity index (χ1) is 12.6. The Kier molecular flexibility index (Phi) is 6.84. The minimum Gasteiger partial charge on any atom is -0.406 e. The van der Waals surface area contributed by atoms with Crippen LogP contribution in [0, 0.1) is 0 Å². The summed E-state index contributed by atoms with van der Waals surface area (Å²) in [5.41, 5.74) is 0. The summed E-state index contributed by atoms with van der Waals surface area (Å²) in [6, 6.07) is 7.49. The van der Waals surface area contributed by atoms with Gasteiger partial charge in [-0.25, -0.2) is 8.42 Å². The second kappa shape index (κ2) is 8.72. The number of nitrogens with one attached hydrogen (secondary N) is 1. The van der Waals surface area contributed by atoms with Crippen LogP contribution in [-0.2, 0) is 21.4 Å². The van der Waals surface area contributed by atoms with Gasteiger partial charge in [0, 0.05) is 11.4 Å². The fourth-order valence-corrected chi connectivity index (χ4v) is 4.19. The Bertz CT molecular complexity index is 851. The summed E-state index contributed by atoms with van der Waals surface area (Å²) in [6.45, 7) is 1.48. The van der Waals surface area contributed by atoms with Gasteiger partial charge in [0.15, 0.2) is 0 Å². The Hall–Kier alpha value is -2.11. The second-order valence-electron chi connectivity index (χ2n) is 5.31. The summed E-state index contributed by atoms with van der Waals surface area (Å²) >= 11 is 1.46. The van der Waals surface area contributed by atoms with Crippen LogP contribution in [0.3, 0.4) is 0 Å². The topological polar surface area (TPSA) is 75.7 Å². The molecule has 1 aromatic heterocycles. The van der Waals surface area contributed by atoms with Gasteiger partial charge >= 0.3 is 6.36 Å². The predicted octanol–water partition coefficient (Wildman–Crippen LogP) is 2.97. The molecule has 0 saturated carbocycles. The van der Waals surface area contributed by atoms with Crippen molar-refractivity contribution in [2.45, 2.75) is 24.7 Å². The molecule has 0 aliphatic heterocycles. The molecule has 0 aliphatic carbocycles. The Morgan fingerprint density at radius 3 is 2.41 bits per heavy atom. The molecule has 1 N–H and O–H groups in total. The smallest absolute Gasteiger partial charge is 0.406 e. The van der Waals surface area contributed by atoms with E-state index in [-0.39, 0.29) is 18.0 Å². The number of likely N-dealkylation sites (N-methyl/N-ethyl adjacent to an activating group) is 1. The van der Waals surface area contributed by atoms with Gasteiger partial charge in [0.2, 0.25) is 15.9 Å². The number of hydrogen-bond donors (Lipinski definition) is 1. The van der Waals surface area contributed by atoms with E-state index in [0.717, 1.165) is 33.4 Å². The van der Waals surface area contributed by atoms with Crippen molar-refractivity contribution in [3.63, 3.8) is 0 Å². The number of halogens is 3. The summed E-state index contributed by atoms with van der Waals surface area (Å²) in [5, 5.41) is 4.49. The highest BCUT2D eigenvalue weighted by atomic mass is 32.2. The Labute approximate surface area is 158 Å². The van der Waals surface area contributed by atoms with Crippen LogP contribution in [0.1, 0.15) is 11.8 Å². The first kappa shape index (κ1) is 21.2. The Morgan fingerprint density at radius 2 is 1.89 bits per heavy atom. The molecule has 0 unspecified atom stereocenters. The fourth-order valence-electron chi connectivity index (χ4n) is 2.14. The molecule has 0 saturated heterocycles. The van der Waals surface area contributed by atoms with E-state index in [1.54, 1.807) is 6.92 Å². The number of rotatable bonds is 8. The minimum atomic E-state index is -4.86. The lowest BCUT2D eigenvalue weighted by Crippen LogP contribution is -2.40. The first-order valence-electron chi connectivity index (χ1n) is 7.77. The molecule has 0 atom stereocenters. The molecule has 11 heteroatoms. The number of amides is 1. The number of nitrogens with zero attached hydrogens (tertiary/aromatic N) is 1. The van der Waals surface area contributed by atoms with E-state index in [1.807, 2.05) is 17.5 Å². The lowest BCUT2D eigenvalue weighted by Gasteiger charge is -2.20. The molecule has 1 aromatic carbocycles. The van der Waals surface area contributed by atoms with Gasteiger partial charge in [-0.15, -0.1) is 24.5 Å². The van der Waals surface area contributed by atoms with E-state index in [0.29, 0.717) is 0 Å². The highest BCUT2D eigenvalue weighted by molar-refractivity contribution is 7.89. The number of hydrogen-bond acceptors (Lipinski definition) is 5. The van der Waals surface area contributed by atoms with Crippen LogP contribution >= 0.6 is 11.3 Å². The van der Waals surface area contributed by atoms with Crippen molar-refractivity contribution in [1.82, 2.24) is 9.62 Å². The average molecular weight is 422 g/mol. The lowest BCUT2D eigenvalue weighted by molar-refractivity contribution is -0.274. The largest absolute Gasteiger partial charge is 0.573 e. The molecule has 0 fully saturated rings. The van der Waals surface area contributed by atoms with Crippen LogP contribution in [0.15, 0.2) is 46.7 Å². The van der Waals surface area contributed by atoms with Gasteiger partial charge in [-0.3, -0.25) is 4.79 Å². The number of carbonyl (C=O) groups excluding carboxylic acids is 1. The van der Waals surface area contributed by atoms with Crippen molar-refractivity contribution in [2.24, 2.45) is 0 Å². The van der Waals surface area contributed by atoms with Crippen molar-refractivity contribution >= 4 is 27.3 Å².